The summed E-state index contributed by atoms with van der Waals surface area (Å²) in [5, 5.41) is 3.64. The number of benzene rings is 2. The Morgan fingerprint density at radius 2 is 1.85 bits per heavy atom. The Hall–Kier alpha value is -2.17. The minimum Gasteiger partial charge on any atom is -0.376 e. The third kappa shape index (κ3) is 3.53. The molecule has 4 heteroatoms. The van der Waals surface area contributed by atoms with E-state index in [2.05, 4.69) is 60.8 Å². The van der Waals surface area contributed by atoms with Crippen LogP contribution in [0.15, 0.2) is 65.7 Å². The highest BCUT2D eigenvalue weighted by Gasteiger charge is 2.42. The van der Waals surface area contributed by atoms with Gasteiger partial charge < -0.3 is 14.8 Å². The summed E-state index contributed by atoms with van der Waals surface area (Å²) in [5.41, 5.74) is 2.15. The third-order valence-corrected chi connectivity index (χ3v) is 5.29. The number of nitrogens with one attached hydrogen (secondary N) is 1. The summed E-state index contributed by atoms with van der Waals surface area (Å²) in [5.74, 6) is 0.906. The van der Waals surface area contributed by atoms with Crippen molar-refractivity contribution in [2.75, 3.05) is 19.8 Å². The molecule has 26 heavy (non-hydrogen) atoms. The van der Waals surface area contributed by atoms with Gasteiger partial charge in [0.25, 0.3) is 0 Å². The van der Waals surface area contributed by atoms with Crippen molar-refractivity contribution in [1.82, 2.24) is 5.32 Å². The van der Waals surface area contributed by atoms with E-state index in [0.717, 1.165) is 25.3 Å². The molecule has 0 spiro atoms. The van der Waals surface area contributed by atoms with Gasteiger partial charge in [-0.3, -0.25) is 4.99 Å². The van der Waals surface area contributed by atoms with Crippen molar-refractivity contribution in [2.45, 2.75) is 37.5 Å². The highest BCUT2D eigenvalue weighted by molar-refractivity contribution is 5.87. The monoisotopic (exact) mass is 350 g/mol. The first kappa shape index (κ1) is 17.3. The van der Waals surface area contributed by atoms with E-state index in [9.17, 15) is 0 Å². The van der Waals surface area contributed by atoms with E-state index < -0.39 is 0 Å². The van der Waals surface area contributed by atoms with Crippen LogP contribution < -0.4 is 5.32 Å². The smallest absolute Gasteiger partial charge is 0.124 e. The van der Waals surface area contributed by atoms with Crippen LogP contribution in [-0.4, -0.2) is 31.8 Å². The Morgan fingerprint density at radius 3 is 2.54 bits per heavy atom. The van der Waals surface area contributed by atoms with Crippen molar-refractivity contribution in [3.63, 3.8) is 0 Å². The molecule has 0 bridgehead atoms. The Morgan fingerprint density at radius 1 is 1.12 bits per heavy atom. The lowest BCUT2D eigenvalue weighted by Gasteiger charge is -2.32. The van der Waals surface area contributed by atoms with Gasteiger partial charge in [-0.1, -0.05) is 60.7 Å². The zero-order valence-corrected chi connectivity index (χ0v) is 15.2. The lowest BCUT2D eigenvalue weighted by molar-refractivity contribution is 0.0293. The minimum absolute atomic E-state index is 0.0208. The zero-order valence-electron chi connectivity index (χ0n) is 15.2. The third-order valence-electron chi connectivity index (χ3n) is 5.29. The Labute approximate surface area is 155 Å². The number of hydrogen-bond donors (Lipinski definition) is 1. The molecule has 1 unspecified atom stereocenters. The van der Waals surface area contributed by atoms with Crippen LogP contribution in [-0.2, 0) is 15.0 Å². The minimum atomic E-state index is -0.287. The predicted octanol–water partition coefficient (Wildman–Crippen LogP) is 3.84. The van der Waals surface area contributed by atoms with Gasteiger partial charge in [-0.2, -0.15) is 0 Å². The first-order valence-corrected chi connectivity index (χ1v) is 9.40. The highest BCUT2D eigenvalue weighted by atomic mass is 16.5. The lowest BCUT2D eigenvalue weighted by Crippen LogP contribution is -2.42. The molecule has 0 radical (unpaired) electrons. The number of rotatable bonds is 6. The van der Waals surface area contributed by atoms with Crippen molar-refractivity contribution < 1.29 is 9.47 Å². The lowest BCUT2D eigenvalue weighted by atomic mass is 9.82. The number of ether oxygens (including phenoxy) is 2. The second kappa shape index (κ2) is 7.60. The summed E-state index contributed by atoms with van der Waals surface area (Å²) >= 11 is 0. The number of nitrogens with zero attached hydrogens (tertiary/aromatic N) is 1. The second-order valence-electron chi connectivity index (χ2n) is 7.23. The summed E-state index contributed by atoms with van der Waals surface area (Å²) in [6, 6.07) is 21.0. The van der Waals surface area contributed by atoms with E-state index in [1.807, 2.05) is 12.1 Å². The van der Waals surface area contributed by atoms with E-state index >= 15 is 0 Å². The SMILES string of the molecule is C[C@]1(c2ccccc2)NC(COCC2CCCO2)=N[C@H]1c1ccccc1. The Bertz CT molecular complexity index is 741. The number of aliphatic imine (C=N–C) groups is 1. The van der Waals surface area contributed by atoms with E-state index in [1.54, 1.807) is 0 Å². The van der Waals surface area contributed by atoms with E-state index in [-0.39, 0.29) is 17.7 Å². The molecular formula is C22H26N2O2. The van der Waals surface area contributed by atoms with Crippen molar-refractivity contribution in [3.8, 4) is 0 Å². The Kier molecular flexibility index (Phi) is 5.05. The standard InChI is InChI=1S/C22H26N2O2/c1-22(18-11-6-3-7-12-18)21(17-9-4-2-5-10-17)23-20(24-22)16-25-15-19-13-8-14-26-19/h2-7,9-12,19,21H,8,13-16H2,1H3,(H,23,24)/t19?,21-,22+/m0/s1. The van der Waals surface area contributed by atoms with Gasteiger partial charge in [-0.15, -0.1) is 0 Å². The fourth-order valence-corrected chi connectivity index (χ4v) is 3.88. The van der Waals surface area contributed by atoms with Crippen LogP contribution in [0.1, 0.15) is 36.9 Å². The molecule has 136 valence electrons. The molecule has 0 aromatic heterocycles. The zero-order chi connectivity index (χ0) is 17.8. The summed E-state index contributed by atoms with van der Waals surface area (Å²) in [7, 11) is 0. The molecule has 0 saturated carbocycles. The second-order valence-corrected chi connectivity index (χ2v) is 7.23. The fraction of sp³-hybridized carbons (Fsp3) is 0.409. The molecule has 1 fully saturated rings. The molecule has 2 heterocycles. The maximum Gasteiger partial charge on any atom is 0.124 e. The normalized spacial score (nSPS) is 28.0. The van der Waals surface area contributed by atoms with Crippen molar-refractivity contribution in [2.24, 2.45) is 4.99 Å². The van der Waals surface area contributed by atoms with Crippen molar-refractivity contribution in [3.05, 3.63) is 71.8 Å². The largest absolute Gasteiger partial charge is 0.376 e. The summed E-state index contributed by atoms with van der Waals surface area (Å²) in [6.07, 6.45) is 2.46. The van der Waals surface area contributed by atoms with Crippen molar-refractivity contribution in [1.29, 1.82) is 0 Å². The van der Waals surface area contributed by atoms with Gasteiger partial charge in [0.1, 0.15) is 18.5 Å². The maximum absolute atomic E-state index is 5.90. The van der Waals surface area contributed by atoms with Crippen LogP contribution in [0.3, 0.4) is 0 Å². The maximum atomic E-state index is 5.90. The molecule has 3 atom stereocenters. The van der Waals surface area contributed by atoms with E-state index in [1.165, 1.54) is 11.1 Å². The molecule has 1 N–H and O–H groups in total. The van der Waals surface area contributed by atoms with Crippen LogP contribution in [0, 0.1) is 0 Å². The quantitative estimate of drug-likeness (QED) is 0.861. The Balaban J connectivity index is 1.53. The van der Waals surface area contributed by atoms with Gasteiger partial charge in [0.15, 0.2) is 0 Å². The summed E-state index contributed by atoms with van der Waals surface area (Å²) in [6.45, 7) is 4.20. The molecule has 0 amide bonds. The van der Waals surface area contributed by atoms with Gasteiger partial charge >= 0.3 is 0 Å². The van der Waals surface area contributed by atoms with Crippen LogP contribution in [0.2, 0.25) is 0 Å². The topological polar surface area (TPSA) is 42.8 Å². The van der Waals surface area contributed by atoms with Gasteiger partial charge in [0.05, 0.1) is 18.2 Å². The van der Waals surface area contributed by atoms with Crippen molar-refractivity contribution >= 4 is 5.84 Å². The van der Waals surface area contributed by atoms with Crippen LogP contribution in [0.4, 0.5) is 0 Å². The van der Waals surface area contributed by atoms with Crippen LogP contribution >= 0.6 is 0 Å². The van der Waals surface area contributed by atoms with Gasteiger partial charge in [-0.05, 0) is 30.9 Å². The fourth-order valence-electron chi connectivity index (χ4n) is 3.88. The van der Waals surface area contributed by atoms with Crippen LogP contribution in [0.25, 0.3) is 0 Å². The molecule has 2 aromatic rings. The average Bonchev–Trinajstić information content (AvgIpc) is 3.32. The molecule has 0 aliphatic carbocycles. The van der Waals surface area contributed by atoms with E-state index in [0.29, 0.717) is 13.2 Å². The molecule has 4 rings (SSSR count). The molecule has 2 aromatic carbocycles. The highest BCUT2D eigenvalue weighted by Crippen LogP contribution is 2.41. The first-order chi connectivity index (χ1) is 12.8. The van der Waals surface area contributed by atoms with E-state index in [4.69, 9.17) is 14.5 Å². The van der Waals surface area contributed by atoms with Crippen LogP contribution in [0.5, 0.6) is 0 Å². The summed E-state index contributed by atoms with van der Waals surface area (Å²) < 4.78 is 11.5. The summed E-state index contributed by atoms with van der Waals surface area (Å²) in [4.78, 5) is 4.99. The molecule has 2 aliphatic heterocycles. The van der Waals surface area contributed by atoms with Gasteiger partial charge in [0.2, 0.25) is 0 Å². The van der Waals surface area contributed by atoms with Gasteiger partial charge in [-0.25, -0.2) is 0 Å². The molecule has 2 aliphatic rings. The van der Waals surface area contributed by atoms with Gasteiger partial charge in [0, 0.05) is 6.61 Å². The number of amidine groups is 1. The molecular weight excluding hydrogens is 324 g/mol. The first-order valence-electron chi connectivity index (χ1n) is 9.40. The number of hydrogen-bond acceptors (Lipinski definition) is 4. The predicted molar refractivity (Wildman–Crippen MR) is 103 cm³/mol. The molecule has 1 saturated heterocycles. The molecule has 4 nitrogen and oxygen atoms in total. The average molecular weight is 350 g/mol.